The van der Waals surface area contributed by atoms with Crippen molar-refractivity contribution in [3.63, 3.8) is 0 Å². The molecule has 0 aliphatic heterocycles. The summed E-state index contributed by atoms with van der Waals surface area (Å²) in [7, 11) is 0. The minimum atomic E-state index is -0.0368. The maximum Gasteiger partial charge on any atom is 0.0468 e. The van der Waals surface area contributed by atoms with Crippen LogP contribution in [-0.2, 0) is 21.7 Å². The molecular weight excluding hydrogens is 821 g/mol. The van der Waals surface area contributed by atoms with Gasteiger partial charge in [0.25, 0.3) is 0 Å². The standard InChI is InChI=1S/C66H68N2/c1-63(2,3)47-37-48(64(4,5)6)40-55(39-47)67(51-29-21-15-22-30-51)53-33-35-57-59(43-53)61(45-25-17-13-18-26-45)58-36-34-54(44-60(58)62(57)46-27-19-14-20-28-46)68(52-31-23-16-24-32-52)56-41-49(65(7,8)9)38-50(42-56)66(10,11)12/h13-44H,1-12H3. The molecular formula is C66H68N2. The molecule has 9 rings (SSSR count). The highest BCUT2D eigenvalue weighted by molar-refractivity contribution is 6.22. The lowest BCUT2D eigenvalue weighted by molar-refractivity contribution is 0.568. The third kappa shape index (κ3) is 9.22. The van der Waals surface area contributed by atoms with Crippen molar-refractivity contribution in [3.05, 3.63) is 216 Å². The van der Waals surface area contributed by atoms with E-state index in [4.69, 9.17) is 0 Å². The zero-order chi connectivity index (χ0) is 48.2. The first kappa shape index (κ1) is 46.2. The van der Waals surface area contributed by atoms with Crippen LogP contribution in [0.15, 0.2) is 194 Å². The molecule has 0 amide bonds. The van der Waals surface area contributed by atoms with Crippen LogP contribution in [0.5, 0.6) is 0 Å². The second kappa shape index (κ2) is 17.6. The number of hydrogen-bond acceptors (Lipinski definition) is 2. The van der Waals surface area contributed by atoms with Gasteiger partial charge in [0, 0.05) is 34.1 Å². The van der Waals surface area contributed by atoms with E-state index in [1.54, 1.807) is 0 Å². The van der Waals surface area contributed by atoms with Gasteiger partial charge in [-0.05, 0) is 161 Å². The third-order valence-corrected chi connectivity index (χ3v) is 13.6. The van der Waals surface area contributed by atoms with Crippen LogP contribution < -0.4 is 9.80 Å². The smallest absolute Gasteiger partial charge is 0.0468 e. The molecule has 2 nitrogen and oxygen atoms in total. The average molecular weight is 889 g/mol. The fourth-order valence-corrected chi connectivity index (χ4v) is 9.58. The van der Waals surface area contributed by atoms with Crippen molar-refractivity contribution in [2.45, 2.75) is 105 Å². The molecule has 0 spiro atoms. The van der Waals surface area contributed by atoms with E-state index < -0.39 is 0 Å². The van der Waals surface area contributed by atoms with Crippen molar-refractivity contribution in [3.8, 4) is 22.3 Å². The van der Waals surface area contributed by atoms with Crippen LogP contribution in [0.4, 0.5) is 34.1 Å². The molecule has 0 aliphatic carbocycles. The van der Waals surface area contributed by atoms with Crippen molar-refractivity contribution < 1.29 is 0 Å². The molecule has 0 saturated heterocycles. The first-order valence-electron chi connectivity index (χ1n) is 24.4. The first-order valence-corrected chi connectivity index (χ1v) is 24.4. The summed E-state index contributed by atoms with van der Waals surface area (Å²) in [6.45, 7) is 27.8. The normalized spacial score (nSPS) is 12.4. The van der Waals surface area contributed by atoms with Gasteiger partial charge in [-0.2, -0.15) is 0 Å². The van der Waals surface area contributed by atoms with E-state index in [-0.39, 0.29) is 21.7 Å². The van der Waals surface area contributed by atoms with Crippen LogP contribution in [-0.4, -0.2) is 0 Å². The largest absolute Gasteiger partial charge is 0.310 e. The Hall–Kier alpha value is -6.90. The van der Waals surface area contributed by atoms with Crippen molar-refractivity contribution in [2.24, 2.45) is 0 Å². The fourth-order valence-electron chi connectivity index (χ4n) is 9.58. The molecule has 0 saturated carbocycles. The van der Waals surface area contributed by atoms with Crippen molar-refractivity contribution in [1.82, 2.24) is 0 Å². The van der Waals surface area contributed by atoms with Crippen molar-refractivity contribution in [2.75, 3.05) is 9.80 Å². The van der Waals surface area contributed by atoms with E-state index in [9.17, 15) is 0 Å². The summed E-state index contributed by atoms with van der Waals surface area (Å²) in [5.74, 6) is 0. The van der Waals surface area contributed by atoms with Crippen LogP contribution in [0.25, 0.3) is 43.8 Å². The Labute approximate surface area is 406 Å². The number of nitrogens with zero attached hydrogens (tertiary/aromatic N) is 2. The third-order valence-electron chi connectivity index (χ3n) is 13.6. The topological polar surface area (TPSA) is 6.48 Å². The summed E-state index contributed by atoms with van der Waals surface area (Å²) in [5.41, 5.74) is 16.8. The summed E-state index contributed by atoms with van der Waals surface area (Å²) in [5, 5.41) is 4.85. The van der Waals surface area contributed by atoms with Gasteiger partial charge >= 0.3 is 0 Å². The van der Waals surface area contributed by atoms with Crippen molar-refractivity contribution in [1.29, 1.82) is 0 Å². The second-order valence-corrected chi connectivity index (χ2v) is 22.8. The molecule has 0 radical (unpaired) electrons. The molecule has 2 heteroatoms. The maximum absolute atomic E-state index is 2.46. The van der Waals surface area contributed by atoms with E-state index in [1.807, 2.05) is 0 Å². The Morgan fingerprint density at radius 3 is 0.794 bits per heavy atom. The number of para-hydroxylation sites is 2. The highest BCUT2D eigenvalue weighted by Gasteiger charge is 2.27. The molecule has 0 aliphatic rings. The van der Waals surface area contributed by atoms with Gasteiger partial charge in [-0.25, -0.2) is 0 Å². The summed E-state index contributed by atoms with van der Waals surface area (Å²) in [6.07, 6.45) is 0. The van der Waals surface area contributed by atoms with E-state index >= 15 is 0 Å². The zero-order valence-electron chi connectivity index (χ0n) is 42.4. The minimum absolute atomic E-state index is 0.0368. The number of hydrogen-bond donors (Lipinski definition) is 0. The van der Waals surface area contributed by atoms with E-state index in [0.29, 0.717) is 0 Å². The van der Waals surface area contributed by atoms with E-state index in [2.05, 4.69) is 287 Å². The van der Waals surface area contributed by atoms with E-state index in [1.165, 1.54) is 66.1 Å². The van der Waals surface area contributed by atoms with Crippen LogP contribution in [0.2, 0.25) is 0 Å². The summed E-state index contributed by atoms with van der Waals surface area (Å²) in [6, 6.07) is 72.6. The number of benzene rings is 9. The monoisotopic (exact) mass is 889 g/mol. The number of anilines is 6. The van der Waals surface area contributed by atoms with Gasteiger partial charge in [0.1, 0.15) is 0 Å². The lowest BCUT2D eigenvalue weighted by Gasteiger charge is -2.32. The van der Waals surface area contributed by atoms with Crippen LogP contribution >= 0.6 is 0 Å². The quantitative estimate of drug-likeness (QED) is 0.140. The Kier molecular flexibility index (Phi) is 12.0. The number of fused-ring (bicyclic) bond motifs is 2. The molecule has 342 valence electrons. The molecule has 0 fully saturated rings. The number of rotatable bonds is 8. The molecule has 0 unspecified atom stereocenters. The molecule has 0 aromatic heterocycles. The Balaban J connectivity index is 1.37. The van der Waals surface area contributed by atoms with Crippen LogP contribution in [0, 0.1) is 0 Å². The molecule has 0 atom stereocenters. The Morgan fingerprint density at radius 1 is 0.235 bits per heavy atom. The first-order chi connectivity index (χ1) is 32.3. The van der Waals surface area contributed by atoms with Gasteiger partial charge in [0.05, 0.1) is 0 Å². The average Bonchev–Trinajstić information content (AvgIpc) is 3.31. The fraction of sp³-hybridized carbons (Fsp3) is 0.242. The molecule has 0 heterocycles. The van der Waals surface area contributed by atoms with Gasteiger partial charge in [0.15, 0.2) is 0 Å². The molecule has 0 bridgehead atoms. The zero-order valence-corrected chi connectivity index (χ0v) is 42.4. The van der Waals surface area contributed by atoms with Crippen LogP contribution in [0.1, 0.15) is 105 Å². The predicted molar refractivity (Wildman–Crippen MR) is 296 cm³/mol. The molecule has 9 aromatic carbocycles. The molecule has 68 heavy (non-hydrogen) atoms. The Bertz CT molecular complexity index is 2940. The van der Waals surface area contributed by atoms with E-state index in [0.717, 1.165) is 34.1 Å². The highest BCUT2D eigenvalue weighted by atomic mass is 15.1. The second-order valence-electron chi connectivity index (χ2n) is 22.8. The summed E-state index contributed by atoms with van der Waals surface area (Å²) in [4.78, 5) is 4.92. The molecule has 0 N–H and O–H groups in total. The van der Waals surface area contributed by atoms with Crippen LogP contribution in [0.3, 0.4) is 0 Å². The predicted octanol–water partition coefficient (Wildman–Crippen LogP) is 19.5. The summed E-state index contributed by atoms with van der Waals surface area (Å²) >= 11 is 0. The maximum atomic E-state index is 2.46. The highest BCUT2D eigenvalue weighted by Crippen LogP contribution is 2.49. The van der Waals surface area contributed by atoms with Crippen molar-refractivity contribution >= 4 is 55.7 Å². The molecule has 9 aromatic rings. The SMILES string of the molecule is CC(C)(C)c1cc(N(c2ccccc2)c2ccc3c(-c4ccccc4)c4cc(N(c5ccccc5)c5cc(C(C)(C)C)cc(C(C)(C)C)c5)ccc4c(-c4ccccc4)c3c2)cc(C(C)(C)C)c1. The minimum Gasteiger partial charge on any atom is -0.310 e. The Morgan fingerprint density at radius 2 is 0.515 bits per heavy atom. The van der Waals surface area contributed by atoms with Gasteiger partial charge in [-0.3, -0.25) is 0 Å². The van der Waals surface area contributed by atoms with Gasteiger partial charge in [-0.15, -0.1) is 0 Å². The van der Waals surface area contributed by atoms with Gasteiger partial charge < -0.3 is 9.80 Å². The lowest BCUT2D eigenvalue weighted by atomic mass is 9.80. The van der Waals surface area contributed by atoms with Gasteiger partial charge in [0.2, 0.25) is 0 Å². The lowest BCUT2D eigenvalue weighted by Crippen LogP contribution is -2.19. The summed E-state index contributed by atoms with van der Waals surface area (Å²) < 4.78 is 0. The van der Waals surface area contributed by atoms with Gasteiger partial charge in [-0.1, -0.05) is 204 Å².